The van der Waals surface area contributed by atoms with Crippen molar-refractivity contribution in [1.82, 2.24) is 20.0 Å². The van der Waals surface area contributed by atoms with Crippen LogP contribution in [-0.4, -0.2) is 98.6 Å². The summed E-state index contributed by atoms with van der Waals surface area (Å²) in [6.45, 7) is 8.52. The van der Waals surface area contributed by atoms with Gasteiger partial charge in [-0.1, -0.05) is 30.3 Å². The maximum atomic E-state index is 13.1. The van der Waals surface area contributed by atoms with Crippen molar-refractivity contribution in [2.24, 2.45) is 5.92 Å². The second kappa shape index (κ2) is 12.2. The fourth-order valence-electron chi connectivity index (χ4n) is 4.59. The molecule has 2 saturated heterocycles. The van der Waals surface area contributed by atoms with Gasteiger partial charge in [0.15, 0.2) is 0 Å². The lowest BCUT2D eigenvalue weighted by molar-refractivity contribution is -0.139. The first-order valence-corrected chi connectivity index (χ1v) is 11.6. The largest absolute Gasteiger partial charge is 0.383 e. The molecule has 0 radical (unpaired) electrons. The summed E-state index contributed by atoms with van der Waals surface area (Å²) < 4.78 is 4.96. The third-order valence-electron chi connectivity index (χ3n) is 6.60. The van der Waals surface area contributed by atoms with Gasteiger partial charge in [-0.25, -0.2) is 0 Å². The monoisotopic (exact) mass is 430 g/mol. The molecule has 0 aliphatic carbocycles. The Morgan fingerprint density at radius 3 is 2.39 bits per heavy atom. The molecule has 2 amide bonds. The summed E-state index contributed by atoms with van der Waals surface area (Å²) in [7, 11) is 1.63. The van der Waals surface area contributed by atoms with E-state index >= 15 is 0 Å². The Kier molecular flexibility index (Phi) is 9.31. The van der Waals surface area contributed by atoms with Gasteiger partial charge in [-0.3, -0.25) is 19.4 Å². The minimum Gasteiger partial charge on any atom is -0.383 e. The molecule has 3 rings (SSSR count). The van der Waals surface area contributed by atoms with Crippen molar-refractivity contribution in [2.45, 2.75) is 32.2 Å². The van der Waals surface area contributed by atoms with Crippen molar-refractivity contribution in [2.75, 3.05) is 66.1 Å². The molecule has 0 bridgehead atoms. The average molecular weight is 431 g/mol. The average Bonchev–Trinajstić information content (AvgIpc) is 2.80. The predicted octanol–water partition coefficient (Wildman–Crippen LogP) is 1.24. The third-order valence-corrected chi connectivity index (χ3v) is 6.60. The molecule has 2 fully saturated rings. The minimum absolute atomic E-state index is 0.0352. The van der Waals surface area contributed by atoms with E-state index < -0.39 is 0 Å². The van der Waals surface area contributed by atoms with Crippen LogP contribution in [0.3, 0.4) is 0 Å². The number of benzene rings is 1. The molecule has 1 unspecified atom stereocenters. The number of piperazine rings is 1. The molecule has 172 valence electrons. The van der Waals surface area contributed by atoms with Crippen LogP contribution in [0.1, 0.15) is 25.3 Å². The number of hydrogen-bond acceptors (Lipinski definition) is 5. The van der Waals surface area contributed by atoms with Gasteiger partial charge in [-0.2, -0.15) is 0 Å². The van der Waals surface area contributed by atoms with Crippen molar-refractivity contribution >= 4 is 11.8 Å². The van der Waals surface area contributed by atoms with Crippen LogP contribution in [0.5, 0.6) is 0 Å². The van der Waals surface area contributed by atoms with Gasteiger partial charge in [-0.15, -0.1) is 0 Å². The normalized spacial score (nSPS) is 19.9. The summed E-state index contributed by atoms with van der Waals surface area (Å²) in [6.07, 6.45) is 3.28. The van der Waals surface area contributed by atoms with E-state index in [1.807, 2.05) is 6.92 Å². The van der Waals surface area contributed by atoms with E-state index in [-0.39, 0.29) is 17.9 Å². The van der Waals surface area contributed by atoms with Crippen molar-refractivity contribution in [3.63, 3.8) is 0 Å². The topological polar surface area (TPSA) is 65.1 Å². The van der Waals surface area contributed by atoms with Crippen LogP contribution in [0.2, 0.25) is 0 Å². The first kappa shape index (κ1) is 23.7. The van der Waals surface area contributed by atoms with Gasteiger partial charge in [0.25, 0.3) is 0 Å². The minimum atomic E-state index is -0.0941. The quantitative estimate of drug-likeness (QED) is 0.597. The molecule has 0 spiro atoms. The number of hydrogen-bond donors (Lipinski definition) is 1. The fourth-order valence-corrected chi connectivity index (χ4v) is 4.59. The summed E-state index contributed by atoms with van der Waals surface area (Å²) in [5.41, 5.74) is 1.39. The Morgan fingerprint density at radius 1 is 1.06 bits per heavy atom. The molecular weight excluding hydrogens is 392 g/mol. The van der Waals surface area contributed by atoms with Crippen molar-refractivity contribution in [3.05, 3.63) is 35.9 Å². The van der Waals surface area contributed by atoms with Crippen LogP contribution in [0.15, 0.2) is 30.3 Å². The fraction of sp³-hybridized carbons (Fsp3) is 0.667. The van der Waals surface area contributed by atoms with Crippen molar-refractivity contribution < 1.29 is 14.3 Å². The Hall–Kier alpha value is -1.96. The summed E-state index contributed by atoms with van der Waals surface area (Å²) in [4.78, 5) is 31.5. The number of carbonyl (C=O) groups is 2. The molecule has 7 heteroatoms. The van der Waals surface area contributed by atoms with E-state index in [0.717, 1.165) is 58.5 Å². The second-order valence-electron chi connectivity index (χ2n) is 8.79. The number of methoxy groups -OCH3 is 1. The Labute approximate surface area is 186 Å². The molecular formula is C24H38N4O3. The standard InChI is InChI=1S/C24H38N4O3/c1-20(27-15-13-26(14-16-27)19-23(29)25-10-17-31-2)24(30)28-11-8-22(9-12-28)18-21-6-4-3-5-7-21/h3-7,20,22H,8-19H2,1-2H3,(H,25,29). The van der Waals surface area contributed by atoms with Crippen LogP contribution in [0, 0.1) is 5.92 Å². The molecule has 1 N–H and O–H groups in total. The highest BCUT2D eigenvalue weighted by molar-refractivity contribution is 5.81. The van der Waals surface area contributed by atoms with Gasteiger partial charge in [0, 0.05) is 52.9 Å². The maximum Gasteiger partial charge on any atom is 0.239 e. The van der Waals surface area contributed by atoms with Gasteiger partial charge >= 0.3 is 0 Å². The van der Waals surface area contributed by atoms with E-state index in [4.69, 9.17) is 4.74 Å². The van der Waals surface area contributed by atoms with Gasteiger partial charge in [-0.05, 0) is 37.7 Å². The summed E-state index contributed by atoms with van der Waals surface area (Å²) in [6, 6.07) is 10.6. The van der Waals surface area contributed by atoms with E-state index in [9.17, 15) is 9.59 Å². The van der Waals surface area contributed by atoms with Crippen LogP contribution >= 0.6 is 0 Å². The highest BCUT2D eigenvalue weighted by atomic mass is 16.5. The Morgan fingerprint density at radius 2 is 1.74 bits per heavy atom. The zero-order chi connectivity index (χ0) is 22.1. The number of nitrogens with zero attached hydrogens (tertiary/aromatic N) is 3. The summed E-state index contributed by atoms with van der Waals surface area (Å²) >= 11 is 0. The van der Waals surface area contributed by atoms with Crippen LogP contribution in [-0.2, 0) is 20.7 Å². The molecule has 1 aromatic carbocycles. The van der Waals surface area contributed by atoms with Crippen LogP contribution in [0.4, 0.5) is 0 Å². The number of likely N-dealkylation sites (tertiary alicyclic amines) is 1. The summed E-state index contributed by atoms with van der Waals surface area (Å²) in [5.74, 6) is 0.956. The molecule has 2 aliphatic heterocycles. The Bertz CT molecular complexity index is 683. The van der Waals surface area contributed by atoms with Gasteiger partial charge in [0.1, 0.15) is 0 Å². The number of carbonyl (C=O) groups excluding carboxylic acids is 2. The molecule has 0 aromatic heterocycles. The molecule has 1 aromatic rings. The molecule has 1 atom stereocenters. The lowest BCUT2D eigenvalue weighted by Gasteiger charge is -2.40. The highest BCUT2D eigenvalue weighted by Gasteiger charge is 2.31. The van der Waals surface area contributed by atoms with Gasteiger partial charge in [0.05, 0.1) is 19.2 Å². The number of nitrogens with one attached hydrogen (secondary N) is 1. The second-order valence-corrected chi connectivity index (χ2v) is 8.79. The predicted molar refractivity (Wildman–Crippen MR) is 122 cm³/mol. The molecule has 7 nitrogen and oxygen atoms in total. The zero-order valence-corrected chi connectivity index (χ0v) is 19.1. The summed E-state index contributed by atoms with van der Waals surface area (Å²) in [5, 5.41) is 2.86. The molecule has 0 saturated carbocycles. The number of amides is 2. The lowest BCUT2D eigenvalue weighted by Crippen LogP contribution is -2.56. The zero-order valence-electron chi connectivity index (χ0n) is 19.1. The van der Waals surface area contributed by atoms with E-state index in [1.54, 1.807) is 7.11 Å². The first-order chi connectivity index (χ1) is 15.1. The van der Waals surface area contributed by atoms with E-state index in [1.165, 1.54) is 5.56 Å². The van der Waals surface area contributed by atoms with E-state index in [2.05, 4.69) is 50.3 Å². The smallest absolute Gasteiger partial charge is 0.239 e. The maximum absolute atomic E-state index is 13.1. The SMILES string of the molecule is COCCNC(=O)CN1CCN(C(C)C(=O)N2CCC(Cc3ccccc3)CC2)CC1. The number of ether oxygens (including phenoxy) is 1. The lowest BCUT2D eigenvalue weighted by atomic mass is 9.90. The molecule has 31 heavy (non-hydrogen) atoms. The molecule has 2 aliphatic rings. The van der Waals surface area contributed by atoms with Crippen molar-refractivity contribution in [3.8, 4) is 0 Å². The van der Waals surface area contributed by atoms with Gasteiger partial charge < -0.3 is 15.0 Å². The number of piperidine rings is 1. The first-order valence-electron chi connectivity index (χ1n) is 11.6. The van der Waals surface area contributed by atoms with Crippen LogP contribution in [0.25, 0.3) is 0 Å². The highest BCUT2D eigenvalue weighted by Crippen LogP contribution is 2.23. The van der Waals surface area contributed by atoms with E-state index in [0.29, 0.717) is 25.6 Å². The van der Waals surface area contributed by atoms with Gasteiger partial charge in [0.2, 0.25) is 11.8 Å². The molecule has 2 heterocycles. The van der Waals surface area contributed by atoms with Crippen molar-refractivity contribution in [1.29, 1.82) is 0 Å². The number of rotatable bonds is 9. The van der Waals surface area contributed by atoms with Crippen LogP contribution < -0.4 is 5.32 Å². The Balaban J connectivity index is 1.36. The third kappa shape index (κ3) is 7.30.